The van der Waals surface area contributed by atoms with Crippen molar-refractivity contribution in [2.24, 2.45) is 5.92 Å². The van der Waals surface area contributed by atoms with Gasteiger partial charge in [-0.2, -0.15) is 14.6 Å². The van der Waals surface area contributed by atoms with E-state index >= 15 is 0 Å². The molecule has 0 amide bonds. The number of hydrogen-bond acceptors (Lipinski definition) is 4. The summed E-state index contributed by atoms with van der Waals surface area (Å²) in [6.45, 7) is 2.00. The fourth-order valence-electron chi connectivity index (χ4n) is 3.49. The topological polar surface area (TPSA) is 55.1 Å². The summed E-state index contributed by atoms with van der Waals surface area (Å²) in [6, 6.07) is 11.6. The molecule has 0 aliphatic heterocycles. The zero-order chi connectivity index (χ0) is 16.1. The number of hydrogen-bond donors (Lipinski definition) is 1. The maximum absolute atomic E-state index is 4.42. The van der Waals surface area contributed by atoms with E-state index in [9.17, 15) is 0 Å². The van der Waals surface area contributed by atoms with Crippen molar-refractivity contribution in [3.8, 4) is 0 Å². The molecule has 0 bridgehead atoms. The van der Waals surface area contributed by atoms with Gasteiger partial charge in [-0.1, -0.05) is 24.3 Å². The summed E-state index contributed by atoms with van der Waals surface area (Å²) in [5.74, 6) is 3.13. The highest BCUT2D eigenvalue weighted by Crippen LogP contribution is 2.44. The minimum absolute atomic E-state index is 0.326. The molecule has 5 nitrogen and oxygen atoms in total. The molecule has 2 aliphatic rings. The summed E-state index contributed by atoms with van der Waals surface area (Å²) < 4.78 is 1.79. The lowest BCUT2D eigenvalue weighted by atomic mass is 9.99. The van der Waals surface area contributed by atoms with Gasteiger partial charge in [-0.3, -0.25) is 0 Å². The fourth-order valence-corrected chi connectivity index (χ4v) is 3.49. The zero-order valence-electron chi connectivity index (χ0n) is 13.8. The van der Waals surface area contributed by atoms with Crippen LogP contribution in [0.25, 0.3) is 5.78 Å². The molecule has 2 aromatic heterocycles. The molecule has 2 aliphatic carbocycles. The SMILES string of the molecule is Cc1cc(N[C@@H](c2ccc(C3CC3)cc2)C2CC2)n2ncnc2n1. The van der Waals surface area contributed by atoms with Crippen molar-refractivity contribution in [2.45, 2.75) is 44.6 Å². The van der Waals surface area contributed by atoms with Crippen LogP contribution in [-0.2, 0) is 0 Å². The summed E-state index contributed by atoms with van der Waals surface area (Å²) in [4.78, 5) is 8.64. The van der Waals surface area contributed by atoms with Gasteiger partial charge in [0.15, 0.2) is 0 Å². The normalized spacial score (nSPS) is 18.7. The molecule has 0 radical (unpaired) electrons. The van der Waals surface area contributed by atoms with Crippen molar-refractivity contribution in [1.82, 2.24) is 19.6 Å². The van der Waals surface area contributed by atoms with Crippen molar-refractivity contribution in [3.63, 3.8) is 0 Å². The number of fused-ring (bicyclic) bond motifs is 1. The van der Waals surface area contributed by atoms with E-state index in [1.807, 2.05) is 6.92 Å². The van der Waals surface area contributed by atoms with E-state index in [1.165, 1.54) is 36.8 Å². The first-order valence-electron chi connectivity index (χ1n) is 8.82. The van der Waals surface area contributed by atoms with Crippen LogP contribution in [0.5, 0.6) is 0 Å². The summed E-state index contributed by atoms with van der Waals surface area (Å²) in [6.07, 6.45) is 6.83. The van der Waals surface area contributed by atoms with Crippen LogP contribution in [0.2, 0.25) is 0 Å². The molecule has 2 fully saturated rings. The van der Waals surface area contributed by atoms with Gasteiger partial charge in [-0.15, -0.1) is 0 Å². The lowest BCUT2D eigenvalue weighted by molar-refractivity contribution is 0.669. The second-order valence-corrected chi connectivity index (χ2v) is 7.15. The van der Waals surface area contributed by atoms with Gasteiger partial charge in [-0.25, -0.2) is 4.98 Å². The number of aryl methyl sites for hydroxylation is 1. The average molecular weight is 319 g/mol. The van der Waals surface area contributed by atoms with Crippen LogP contribution in [0, 0.1) is 12.8 Å². The molecule has 1 N–H and O–H groups in total. The third-order valence-corrected chi connectivity index (χ3v) is 5.12. The molecule has 1 aromatic carbocycles. The molecule has 2 heterocycles. The number of nitrogens with one attached hydrogen (secondary N) is 1. The summed E-state index contributed by atoms with van der Waals surface area (Å²) in [5.41, 5.74) is 3.81. The van der Waals surface area contributed by atoms with Crippen LogP contribution in [0.4, 0.5) is 5.82 Å². The zero-order valence-corrected chi connectivity index (χ0v) is 13.8. The van der Waals surface area contributed by atoms with E-state index in [2.05, 4.69) is 50.7 Å². The highest BCUT2D eigenvalue weighted by atomic mass is 15.4. The van der Waals surface area contributed by atoms with E-state index in [0.29, 0.717) is 17.7 Å². The Morgan fingerprint density at radius 2 is 1.92 bits per heavy atom. The predicted molar refractivity (Wildman–Crippen MR) is 93.0 cm³/mol. The van der Waals surface area contributed by atoms with Crippen molar-refractivity contribution in [1.29, 1.82) is 0 Å². The van der Waals surface area contributed by atoms with E-state index in [4.69, 9.17) is 0 Å². The summed E-state index contributed by atoms with van der Waals surface area (Å²) in [5, 5.41) is 8.02. The van der Waals surface area contributed by atoms with Gasteiger partial charge in [0, 0.05) is 11.8 Å². The van der Waals surface area contributed by atoms with Crippen molar-refractivity contribution in [2.75, 3.05) is 5.32 Å². The smallest absolute Gasteiger partial charge is 0.254 e. The Labute approximate surface area is 141 Å². The molecule has 0 spiro atoms. The van der Waals surface area contributed by atoms with Gasteiger partial charge < -0.3 is 5.32 Å². The van der Waals surface area contributed by atoms with Gasteiger partial charge >= 0.3 is 0 Å². The van der Waals surface area contributed by atoms with Crippen LogP contribution in [0.3, 0.4) is 0 Å². The van der Waals surface area contributed by atoms with Crippen LogP contribution >= 0.6 is 0 Å². The van der Waals surface area contributed by atoms with Gasteiger partial charge in [0.2, 0.25) is 0 Å². The Bertz CT molecular complexity index is 874. The van der Waals surface area contributed by atoms with E-state index in [1.54, 1.807) is 10.8 Å². The van der Waals surface area contributed by atoms with E-state index < -0.39 is 0 Å². The average Bonchev–Trinajstić information content (AvgIpc) is 3.50. The molecule has 24 heavy (non-hydrogen) atoms. The number of nitrogens with zero attached hydrogens (tertiary/aromatic N) is 4. The second-order valence-electron chi connectivity index (χ2n) is 7.15. The Morgan fingerprint density at radius 1 is 1.12 bits per heavy atom. The Balaban J connectivity index is 1.48. The van der Waals surface area contributed by atoms with Crippen LogP contribution < -0.4 is 5.32 Å². The molecule has 5 heteroatoms. The highest BCUT2D eigenvalue weighted by molar-refractivity contribution is 5.47. The highest BCUT2D eigenvalue weighted by Gasteiger charge is 2.33. The van der Waals surface area contributed by atoms with Crippen molar-refractivity contribution in [3.05, 3.63) is 53.5 Å². The first kappa shape index (κ1) is 14.0. The lowest BCUT2D eigenvalue weighted by Gasteiger charge is -2.21. The van der Waals surface area contributed by atoms with Gasteiger partial charge in [0.25, 0.3) is 5.78 Å². The maximum atomic E-state index is 4.42. The second kappa shape index (κ2) is 5.30. The molecule has 0 saturated heterocycles. The standard InChI is InChI=1S/C19H21N5/c1-12-10-17(24-19(22-12)20-11-21-24)23-18(16-8-9-16)15-6-4-14(5-7-15)13-2-3-13/h4-7,10-11,13,16,18,23H,2-3,8-9H2,1H3/t18-/m0/s1. The van der Waals surface area contributed by atoms with Crippen LogP contribution in [0.1, 0.15) is 54.5 Å². The van der Waals surface area contributed by atoms with Crippen molar-refractivity contribution >= 4 is 11.6 Å². The third kappa shape index (κ3) is 2.54. The molecule has 2 saturated carbocycles. The van der Waals surface area contributed by atoms with E-state index in [-0.39, 0.29) is 0 Å². The minimum Gasteiger partial charge on any atom is -0.363 e. The summed E-state index contributed by atoms with van der Waals surface area (Å²) in [7, 11) is 0. The first-order valence-corrected chi connectivity index (χ1v) is 8.82. The molecule has 5 rings (SSSR count). The fraction of sp³-hybridized carbons (Fsp3) is 0.421. The number of aromatic nitrogens is 4. The van der Waals surface area contributed by atoms with E-state index in [0.717, 1.165) is 17.4 Å². The van der Waals surface area contributed by atoms with Crippen LogP contribution in [-0.4, -0.2) is 19.6 Å². The van der Waals surface area contributed by atoms with Gasteiger partial charge in [0.05, 0.1) is 6.04 Å². The monoisotopic (exact) mass is 319 g/mol. The largest absolute Gasteiger partial charge is 0.363 e. The molecular weight excluding hydrogens is 298 g/mol. The summed E-state index contributed by atoms with van der Waals surface area (Å²) >= 11 is 0. The molecule has 3 aromatic rings. The maximum Gasteiger partial charge on any atom is 0.254 e. The minimum atomic E-state index is 0.326. The lowest BCUT2D eigenvalue weighted by Crippen LogP contribution is -2.16. The predicted octanol–water partition coefficient (Wildman–Crippen LogP) is 3.87. The molecule has 122 valence electrons. The number of benzene rings is 1. The number of anilines is 1. The Kier molecular flexibility index (Phi) is 3.08. The van der Waals surface area contributed by atoms with Gasteiger partial charge in [0.1, 0.15) is 12.1 Å². The number of rotatable bonds is 5. The van der Waals surface area contributed by atoms with Crippen LogP contribution in [0.15, 0.2) is 36.7 Å². The Hall–Kier alpha value is -2.43. The quantitative estimate of drug-likeness (QED) is 0.775. The Morgan fingerprint density at radius 3 is 2.62 bits per heavy atom. The molecule has 0 unspecified atom stereocenters. The third-order valence-electron chi connectivity index (χ3n) is 5.12. The molecular formula is C19H21N5. The van der Waals surface area contributed by atoms with Crippen molar-refractivity contribution < 1.29 is 0 Å². The first-order chi connectivity index (χ1) is 11.8. The van der Waals surface area contributed by atoms with Gasteiger partial charge in [-0.05, 0) is 55.6 Å². The molecule has 1 atom stereocenters.